The van der Waals surface area contributed by atoms with Gasteiger partial charge in [-0.15, -0.1) is 0 Å². The molecule has 2 aromatic rings. The summed E-state index contributed by atoms with van der Waals surface area (Å²) in [6.07, 6.45) is 5.63. The van der Waals surface area contributed by atoms with Crippen molar-refractivity contribution in [2.75, 3.05) is 5.32 Å². The van der Waals surface area contributed by atoms with Crippen LogP contribution in [0.3, 0.4) is 0 Å². The molecule has 108 valence electrons. The van der Waals surface area contributed by atoms with E-state index in [9.17, 15) is 9.59 Å². The zero-order valence-corrected chi connectivity index (χ0v) is 11.1. The number of hydrogen-bond acceptors (Lipinski definition) is 3. The van der Waals surface area contributed by atoms with Crippen molar-refractivity contribution in [3.8, 4) is 0 Å². The Morgan fingerprint density at radius 3 is 2.57 bits per heavy atom. The number of amides is 2. The van der Waals surface area contributed by atoms with Gasteiger partial charge in [-0.05, 0) is 29.8 Å². The van der Waals surface area contributed by atoms with Crippen LogP contribution < -0.4 is 10.6 Å². The Labute approximate surface area is 121 Å². The fraction of sp³-hybridized carbons (Fsp3) is 0.0667. The number of nitrogens with one attached hydrogen (secondary N) is 2. The van der Waals surface area contributed by atoms with Crippen molar-refractivity contribution in [3.05, 3.63) is 60.1 Å². The van der Waals surface area contributed by atoms with E-state index < -0.39 is 5.97 Å². The smallest absolute Gasteiger partial charge is 0.328 e. The summed E-state index contributed by atoms with van der Waals surface area (Å²) in [5.41, 5.74) is 2.23. The average Bonchev–Trinajstić information content (AvgIpc) is 2.98. The SMILES string of the molecule is O=C(O)/C=C/c1ccc(NC(=O)NCc2ccoc2)cc1. The third-order valence-electron chi connectivity index (χ3n) is 2.62. The molecule has 0 unspecified atom stereocenters. The predicted octanol–water partition coefficient (Wildman–Crippen LogP) is 2.70. The molecular weight excluding hydrogens is 272 g/mol. The molecule has 0 radical (unpaired) electrons. The maximum absolute atomic E-state index is 11.7. The maximum atomic E-state index is 11.7. The molecule has 1 aromatic heterocycles. The van der Waals surface area contributed by atoms with Crippen molar-refractivity contribution in [2.45, 2.75) is 6.54 Å². The van der Waals surface area contributed by atoms with Crippen LogP contribution in [-0.4, -0.2) is 17.1 Å². The lowest BCUT2D eigenvalue weighted by atomic mass is 10.2. The number of urea groups is 1. The molecule has 0 aliphatic rings. The molecule has 21 heavy (non-hydrogen) atoms. The Morgan fingerprint density at radius 1 is 1.19 bits per heavy atom. The average molecular weight is 286 g/mol. The van der Waals surface area contributed by atoms with Gasteiger partial charge in [-0.25, -0.2) is 9.59 Å². The minimum atomic E-state index is -1.00. The predicted molar refractivity (Wildman–Crippen MR) is 77.7 cm³/mol. The number of anilines is 1. The molecule has 2 amide bonds. The first kappa shape index (κ1) is 14.4. The monoisotopic (exact) mass is 286 g/mol. The van der Waals surface area contributed by atoms with Crippen LogP contribution in [0, 0.1) is 0 Å². The lowest BCUT2D eigenvalue weighted by molar-refractivity contribution is -0.131. The quantitative estimate of drug-likeness (QED) is 0.737. The molecule has 1 aromatic carbocycles. The van der Waals surface area contributed by atoms with E-state index in [1.807, 2.05) is 0 Å². The minimum Gasteiger partial charge on any atom is -0.478 e. The standard InChI is InChI=1S/C15H14N2O4/c18-14(19)6-3-11-1-4-13(5-2-11)17-15(20)16-9-12-7-8-21-10-12/h1-8,10H,9H2,(H,18,19)(H2,16,17,20)/b6-3+. The molecule has 0 saturated carbocycles. The van der Waals surface area contributed by atoms with Crippen LogP contribution >= 0.6 is 0 Å². The number of carboxylic acid groups (broad SMARTS) is 1. The van der Waals surface area contributed by atoms with Crippen molar-refractivity contribution in [1.29, 1.82) is 0 Å². The first-order valence-electron chi connectivity index (χ1n) is 6.20. The highest BCUT2D eigenvalue weighted by Crippen LogP contribution is 2.10. The van der Waals surface area contributed by atoms with Gasteiger partial charge in [0.2, 0.25) is 0 Å². The Hall–Kier alpha value is -3.02. The van der Waals surface area contributed by atoms with Crippen LogP contribution in [0.4, 0.5) is 10.5 Å². The van der Waals surface area contributed by atoms with E-state index >= 15 is 0 Å². The molecule has 0 bridgehead atoms. The Morgan fingerprint density at radius 2 is 1.95 bits per heavy atom. The second kappa shape index (κ2) is 6.95. The Balaban J connectivity index is 1.85. The molecule has 0 aliphatic heterocycles. The zero-order chi connectivity index (χ0) is 15.1. The lowest BCUT2D eigenvalue weighted by Crippen LogP contribution is -2.27. The van der Waals surface area contributed by atoms with Crippen LogP contribution in [0.2, 0.25) is 0 Å². The van der Waals surface area contributed by atoms with Crippen molar-refractivity contribution in [1.82, 2.24) is 5.32 Å². The normalized spacial score (nSPS) is 10.5. The summed E-state index contributed by atoms with van der Waals surface area (Å²) in [5.74, 6) is -1.00. The topological polar surface area (TPSA) is 91.6 Å². The maximum Gasteiger partial charge on any atom is 0.328 e. The van der Waals surface area contributed by atoms with Gasteiger partial charge in [-0.1, -0.05) is 12.1 Å². The molecule has 0 fully saturated rings. The Kier molecular flexibility index (Phi) is 4.76. The largest absolute Gasteiger partial charge is 0.478 e. The molecule has 0 aliphatic carbocycles. The van der Waals surface area contributed by atoms with E-state index in [0.717, 1.165) is 17.2 Å². The third kappa shape index (κ3) is 4.87. The number of carboxylic acids is 1. The summed E-state index contributed by atoms with van der Waals surface area (Å²) in [6.45, 7) is 0.377. The molecule has 2 rings (SSSR count). The van der Waals surface area contributed by atoms with Gasteiger partial charge in [0.25, 0.3) is 0 Å². The number of carbonyl (C=O) groups excluding carboxylic acids is 1. The second-order valence-corrected chi connectivity index (χ2v) is 4.23. The van der Waals surface area contributed by atoms with Gasteiger partial charge < -0.3 is 20.2 Å². The number of furan rings is 1. The summed E-state index contributed by atoms with van der Waals surface area (Å²) in [6, 6.07) is 8.25. The van der Waals surface area contributed by atoms with Gasteiger partial charge in [0.1, 0.15) is 0 Å². The second-order valence-electron chi connectivity index (χ2n) is 4.23. The number of benzene rings is 1. The summed E-state index contributed by atoms with van der Waals surface area (Å²) >= 11 is 0. The van der Waals surface area contributed by atoms with Gasteiger partial charge in [0.05, 0.1) is 12.5 Å². The van der Waals surface area contributed by atoms with E-state index in [4.69, 9.17) is 9.52 Å². The zero-order valence-electron chi connectivity index (χ0n) is 11.1. The Bertz CT molecular complexity index is 630. The van der Waals surface area contributed by atoms with Crippen molar-refractivity contribution in [2.24, 2.45) is 0 Å². The highest BCUT2D eigenvalue weighted by atomic mass is 16.4. The van der Waals surface area contributed by atoms with Gasteiger partial charge in [0, 0.05) is 23.9 Å². The molecule has 0 saturated heterocycles. The van der Waals surface area contributed by atoms with E-state index in [0.29, 0.717) is 12.2 Å². The van der Waals surface area contributed by atoms with Crippen LogP contribution in [-0.2, 0) is 11.3 Å². The van der Waals surface area contributed by atoms with E-state index in [-0.39, 0.29) is 6.03 Å². The van der Waals surface area contributed by atoms with E-state index in [1.54, 1.807) is 36.6 Å². The lowest BCUT2D eigenvalue weighted by Gasteiger charge is -2.06. The number of aliphatic carboxylic acids is 1. The number of carbonyl (C=O) groups is 2. The fourth-order valence-corrected chi connectivity index (χ4v) is 1.60. The highest BCUT2D eigenvalue weighted by Gasteiger charge is 2.02. The molecule has 0 spiro atoms. The molecule has 0 atom stereocenters. The number of hydrogen-bond donors (Lipinski definition) is 3. The molecular formula is C15H14N2O4. The number of rotatable bonds is 5. The highest BCUT2D eigenvalue weighted by molar-refractivity contribution is 5.89. The third-order valence-corrected chi connectivity index (χ3v) is 2.62. The van der Waals surface area contributed by atoms with Gasteiger partial charge in [-0.2, -0.15) is 0 Å². The first-order chi connectivity index (χ1) is 10.1. The van der Waals surface area contributed by atoms with Crippen molar-refractivity contribution in [3.63, 3.8) is 0 Å². The van der Waals surface area contributed by atoms with E-state index in [2.05, 4.69) is 10.6 Å². The van der Waals surface area contributed by atoms with Gasteiger partial charge >= 0.3 is 12.0 Å². The van der Waals surface area contributed by atoms with Crippen LogP contribution in [0.25, 0.3) is 6.08 Å². The van der Waals surface area contributed by atoms with Crippen molar-refractivity contribution < 1.29 is 19.1 Å². The summed E-state index contributed by atoms with van der Waals surface area (Å²) in [4.78, 5) is 22.1. The van der Waals surface area contributed by atoms with Gasteiger partial charge in [0.15, 0.2) is 0 Å². The molecule has 6 nitrogen and oxygen atoms in total. The first-order valence-corrected chi connectivity index (χ1v) is 6.20. The van der Waals surface area contributed by atoms with Gasteiger partial charge in [-0.3, -0.25) is 0 Å². The van der Waals surface area contributed by atoms with E-state index in [1.165, 1.54) is 12.3 Å². The molecule has 1 heterocycles. The summed E-state index contributed by atoms with van der Waals surface area (Å²) in [5, 5.41) is 13.9. The van der Waals surface area contributed by atoms with Crippen LogP contribution in [0.5, 0.6) is 0 Å². The fourth-order valence-electron chi connectivity index (χ4n) is 1.60. The summed E-state index contributed by atoms with van der Waals surface area (Å²) in [7, 11) is 0. The van der Waals surface area contributed by atoms with Crippen LogP contribution in [0.1, 0.15) is 11.1 Å². The summed E-state index contributed by atoms with van der Waals surface area (Å²) < 4.78 is 4.90. The molecule has 3 N–H and O–H groups in total. The minimum absolute atomic E-state index is 0.329. The van der Waals surface area contributed by atoms with Crippen LogP contribution in [0.15, 0.2) is 53.4 Å². The van der Waals surface area contributed by atoms with Crippen molar-refractivity contribution >= 4 is 23.8 Å². The molecule has 6 heteroatoms.